The highest BCUT2D eigenvalue weighted by Gasteiger charge is 2.16. The van der Waals surface area contributed by atoms with Crippen molar-refractivity contribution in [1.29, 1.82) is 0 Å². The Hall–Kier alpha value is -2.40. The highest BCUT2D eigenvalue weighted by molar-refractivity contribution is 5.70. The van der Waals surface area contributed by atoms with E-state index >= 15 is 0 Å². The molecule has 0 aliphatic carbocycles. The summed E-state index contributed by atoms with van der Waals surface area (Å²) in [6.07, 6.45) is 63.0. The molecule has 0 spiro atoms. The van der Waals surface area contributed by atoms with Gasteiger partial charge < -0.3 is 14.6 Å². The molecule has 5 nitrogen and oxygen atoms in total. The summed E-state index contributed by atoms with van der Waals surface area (Å²) in [5.41, 5.74) is 0. The van der Waals surface area contributed by atoms with Gasteiger partial charge in [0, 0.05) is 12.8 Å². The standard InChI is InChI=1S/C52H92O5/c1-3-5-7-9-11-13-15-17-19-21-23-24-25-26-27-28-29-31-33-35-37-39-41-43-45-47-52(55)57-50(48-53)49-56-51(54)46-44-42-40-38-36-34-32-30-22-20-18-16-14-12-10-8-6-4-2/h5,7,11,13,17,19,23-24,26-27,50,53H,3-4,6,8-10,12,14-16,18,20-22,25,28-49H2,1-2H3/b7-5-,13-11-,19-17-,24-23-,27-26-. The second kappa shape index (κ2) is 48.0. The lowest BCUT2D eigenvalue weighted by atomic mass is 10.0. The summed E-state index contributed by atoms with van der Waals surface area (Å²) in [6.45, 7) is 4.04. The number of carbonyl (C=O) groups excluding carboxylic acids is 2. The molecular formula is C52H92O5. The average Bonchev–Trinajstić information content (AvgIpc) is 3.21. The van der Waals surface area contributed by atoms with Crippen molar-refractivity contribution in [2.75, 3.05) is 13.2 Å². The maximum Gasteiger partial charge on any atom is 0.306 e. The first kappa shape index (κ1) is 54.6. The van der Waals surface area contributed by atoms with E-state index in [0.717, 1.165) is 70.6 Å². The van der Waals surface area contributed by atoms with Crippen LogP contribution in [0.5, 0.6) is 0 Å². The summed E-state index contributed by atoms with van der Waals surface area (Å²) in [4.78, 5) is 24.4. The minimum Gasteiger partial charge on any atom is -0.462 e. The largest absolute Gasteiger partial charge is 0.462 e. The summed E-state index contributed by atoms with van der Waals surface area (Å²) in [5, 5.41) is 9.61. The predicted molar refractivity (Wildman–Crippen MR) is 247 cm³/mol. The van der Waals surface area contributed by atoms with Crippen molar-refractivity contribution in [2.45, 2.75) is 245 Å². The van der Waals surface area contributed by atoms with Crippen molar-refractivity contribution in [3.63, 3.8) is 0 Å². The minimum absolute atomic E-state index is 0.0670. The Kier molecular flexibility index (Phi) is 46.0. The average molecular weight is 797 g/mol. The molecule has 0 aromatic rings. The highest BCUT2D eigenvalue weighted by atomic mass is 16.6. The predicted octanol–water partition coefficient (Wildman–Crippen LogP) is 15.9. The van der Waals surface area contributed by atoms with Crippen LogP contribution in [0.2, 0.25) is 0 Å². The van der Waals surface area contributed by atoms with E-state index in [4.69, 9.17) is 9.47 Å². The third-order valence-electron chi connectivity index (χ3n) is 10.6. The summed E-state index contributed by atoms with van der Waals surface area (Å²) in [6, 6.07) is 0. The zero-order valence-electron chi connectivity index (χ0n) is 37.6. The maximum absolute atomic E-state index is 12.3. The molecule has 0 rings (SSSR count). The van der Waals surface area contributed by atoms with Gasteiger partial charge in [-0.05, 0) is 57.8 Å². The third kappa shape index (κ3) is 46.2. The molecule has 330 valence electrons. The van der Waals surface area contributed by atoms with Crippen molar-refractivity contribution in [1.82, 2.24) is 0 Å². The van der Waals surface area contributed by atoms with Gasteiger partial charge in [0.1, 0.15) is 6.61 Å². The van der Waals surface area contributed by atoms with Gasteiger partial charge in [-0.2, -0.15) is 0 Å². The quantitative estimate of drug-likeness (QED) is 0.0378. The molecule has 0 aliphatic rings. The van der Waals surface area contributed by atoms with Crippen LogP contribution in [0.4, 0.5) is 0 Å². The first-order valence-electron chi connectivity index (χ1n) is 24.3. The molecule has 0 aliphatic heterocycles. The Balaban J connectivity index is 3.53. The number of ether oxygens (including phenoxy) is 2. The number of rotatable bonds is 44. The highest BCUT2D eigenvalue weighted by Crippen LogP contribution is 2.16. The molecule has 0 aromatic heterocycles. The summed E-state index contributed by atoms with van der Waals surface area (Å²) in [5.74, 6) is -0.590. The van der Waals surface area contributed by atoms with Crippen LogP contribution in [0.25, 0.3) is 0 Å². The van der Waals surface area contributed by atoms with E-state index in [2.05, 4.69) is 74.6 Å². The molecule has 57 heavy (non-hydrogen) atoms. The first-order valence-corrected chi connectivity index (χ1v) is 24.3. The Morgan fingerprint density at radius 1 is 0.421 bits per heavy atom. The van der Waals surface area contributed by atoms with Crippen molar-refractivity contribution in [2.24, 2.45) is 0 Å². The molecule has 5 heteroatoms. The van der Waals surface area contributed by atoms with Crippen LogP contribution < -0.4 is 0 Å². The van der Waals surface area contributed by atoms with Gasteiger partial charge in [-0.15, -0.1) is 0 Å². The fourth-order valence-electron chi connectivity index (χ4n) is 6.94. The van der Waals surface area contributed by atoms with E-state index in [0.29, 0.717) is 12.8 Å². The topological polar surface area (TPSA) is 72.8 Å². The lowest BCUT2D eigenvalue weighted by Crippen LogP contribution is -2.28. The van der Waals surface area contributed by atoms with Crippen LogP contribution in [0.15, 0.2) is 60.8 Å². The molecule has 0 saturated heterocycles. The van der Waals surface area contributed by atoms with Crippen molar-refractivity contribution < 1.29 is 24.2 Å². The van der Waals surface area contributed by atoms with Crippen LogP contribution in [0.3, 0.4) is 0 Å². The van der Waals surface area contributed by atoms with E-state index in [1.54, 1.807) is 0 Å². The molecule has 0 radical (unpaired) electrons. The van der Waals surface area contributed by atoms with Crippen molar-refractivity contribution in [3.05, 3.63) is 60.8 Å². The molecule has 0 bridgehead atoms. The second-order valence-corrected chi connectivity index (χ2v) is 16.2. The number of allylic oxidation sites excluding steroid dienone is 10. The van der Waals surface area contributed by atoms with E-state index in [1.165, 1.54) is 141 Å². The van der Waals surface area contributed by atoms with Gasteiger partial charge in [-0.3, -0.25) is 9.59 Å². The maximum atomic E-state index is 12.3. The molecule has 0 saturated carbocycles. The van der Waals surface area contributed by atoms with Crippen molar-refractivity contribution >= 4 is 11.9 Å². The number of hydrogen-bond donors (Lipinski definition) is 1. The summed E-state index contributed by atoms with van der Waals surface area (Å²) in [7, 11) is 0. The van der Waals surface area contributed by atoms with Crippen LogP contribution in [0.1, 0.15) is 239 Å². The number of esters is 2. The van der Waals surface area contributed by atoms with Gasteiger partial charge >= 0.3 is 11.9 Å². The van der Waals surface area contributed by atoms with Crippen LogP contribution >= 0.6 is 0 Å². The lowest BCUT2D eigenvalue weighted by Gasteiger charge is -2.15. The van der Waals surface area contributed by atoms with Crippen LogP contribution in [-0.4, -0.2) is 36.4 Å². The normalized spacial score (nSPS) is 12.7. The molecule has 1 N–H and O–H groups in total. The molecule has 1 unspecified atom stereocenters. The van der Waals surface area contributed by atoms with Crippen LogP contribution in [0, 0.1) is 0 Å². The van der Waals surface area contributed by atoms with Crippen molar-refractivity contribution in [3.8, 4) is 0 Å². The van der Waals surface area contributed by atoms with Gasteiger partial charge in [0.25, 0.3) is 0 Å². The molecule has 0 aromatic carbocycles. The minimum atomic E-state index is -0.775. The molecule has 1 atom stereocenters. The number of unbranched alkanes of at least 4 members (excludes halogenated alkanes) is 26. The third-order valence-corrected chi connectivity index (χ3v) is 10.6. The van der Waals surface area contributed by atoms with E-state index in [9.17, 15) is 14.7 Å². The Morgan fingerprint density at radius 3 is 1.14 bits per heavy atom. The van der Waals surface area contributed by atoms with Gasteiger partial charge in [-0.1, -0.05) is 229 Å². The lowest BCUT2D eigenvalue weighted by molar-refractivity contribution is -0.161. The van der Waals surface area contributed by atoms with E-state index in [-0.39, 0.29) is 25.2 Å². The number of carbonyl (C=O) groups is 2. The Labute approximate surface area is 353 Å². The fourth-order valence-corrected chi connectivity index (χ4v) is 6.94. The van der Waals surface area contributed by atoms with E-state index < -0.39 is 6.10 Å². The van der Waals surface area contributed by atoms with Crippen LogP contribution in [-0.2, 0) is 19.1 Å². The molecular weight excluding hydrogens is 705 g/mol. The monoisotopic (exact) mass is 797 g/mol. The molecule has 0 amide bonds. The van der Waals surface area contributed by atoms with Gasteiger partial charge in [0.05, 0.1) is 6.61 Å². The Bertz CT molecular complexity index is 992. The fraction of sp³-hybridized carbons (Fsp3) is 0.769. The van der Waals surface area contributed by atoms with Gasteiger partial charge in [0.2, 0.25) is 0 Å². The first-order chi connectivity index (χ1) is 28.1. The summed E-state index contributed by atoms with van der Waals surface area (Å²) < 4.78 is 10.7. The zero-order chi connectivity index (χ0) is 41.4. The second-order valence-electron chi connectivity index (χ2n) is 16.2. The van der Waals surface area contributed by atoms with Gasteiger partial charge in [-0.25, -0.2) is 0 Å². The molecule has 0 heterocycles. The van der Waals surface area contributed by atoms with E-state index in [1.807, 2.05) is 0 Å². The number of hydrogen-bond acceptors (Lipinski definition) is 5. The van der Waals surface area contributed by atoms with Gasteiger partial charge in [0.15, 0.2) is 6.10 Å². The number of aliphatic hydroxyl groups is 1. The Morgan fingerprint density at radius 2 is 0.754 bits per heavy atom. The SMILES string of the molecule is CC/C=C\C/C=C\C/C=C\C/C=C\C/C=C\CCCCCCCCCCCC(=O)OC(CO)COC(=O)CCCCCCCCCCCCCCCCCCCC. The zero-order valence-corrected chi connectivity index (χ0v) is 37.6. The summed E-state index contributed by atoms with van der Waals surface area (Å²) >= 11 is 0. The number of aliphatic hydroxyl groups excluding tert-OH is 1. The molecule has 0 fully saturated rings. The smallest absolute Gasteiger partial charge is 0.306 e.